The van der Waals surface area contributed by atoms with Crippen LogP contribution < -0.4 is 0 Å². The third-order valence-corrected chi connectivity index (χ3v) is 8.41. The molecule has 8 nitrogen and oxygen atoms in total. The molecule has 8 heteroatoms. The molecule has 3 aromatic rings. The number of carbonyl (C=O) groups is 1. The van der Waals surface area contributed by atoms with Gasteiger partial charge in [0.2, 0.25) is 0 Å². The van der Waals surface area contributed by atoms with Gasteiger partial charge in [0.25, 0.3) is 0 Å². The van der Waals surface area contributed by atoms with Crippen LogP contribution in [0.2, 0.25) is 0 Å². The first-order valence-electron chi connectivity index (χ1n) is 13.4. The minimum atomic E-state index is -0.975. The van der Waals surface area contributed by atoms with Crippen molar-refractivity contribution in [2.75, 3.05) is 26.3 Å². The van der Waals surface area contributed by atoms with Crippen LogP contribution in [0.5, 0.6) is 0 Å². The summed E-state index contributed by atoms with van der Waals surface area (Å²) in [6.45, 7) is 4.24. The molecule has 0 spiro atoms. The highest BCUT2D eigenvalue weighted by atomic mass is 16.5. The van der Waals surface area contributed by atoms with E-state index in [1.54, 1.807) is 0 Å². The second-order valence-electron chi connectivity index (χ2n) is 10.4. The lowest BCUT2D eigenvalue weighted by molar-refractivity contribution is -0.00522. The van der Waals surface area contributed by atoms with E-state index in [0.29, 0.717) is 30.0 Å². The molecule has 3 heterocycles. The van der Waals surface area contributed by atoms with E-state index in [-0.39, 0.29) is 6.04 Å². The van der Waals surface area contributed by atoms with E-state index in [9.17, 15) is 9.90 Å². The maximum atomic E-state index is 12.3. The van der Waals surface area contributed by atoms with Crippen LogP contribution in [0.15, 0.2) is 42.6 Å². The van der Waals surface area contributed by atoms with Crippen molar-refractivity contribution < 1.29 is 14.6 Å². The summed E-state index contributed by atoms with van der Waals surface area (Å²) in [5.74, 6) is 0.599. The Morgan fingerprint density at radius 1 is 1.06 bits per heavy atom. The van der Waals surface area contributed by atoms with Gasteiger partial charge in [0.1, 0.15) is 5.82 Å². The van der Waals surface area contributed by atoms with Gasteiger partial charge in [-0.15, -0.1) is 0 Å². The Morgan fingerprint density at radius 2 is 1.86 bits per heavy atom. The van der Waals surface area contributed by atoms with Gasteiger partial charge in [-0.1, -0.05) is 18.2 Å². The zero-order valence-electron chi connectivity index (χ0n) is 20.8. The van der Waals surface area contributed by atoms with Crippen molar-refractivity contribution in [2.24, 2.45) is 0 Å². The van der Waals surface area contributed by atoms with Crippen LogP contribution in [0.25, 0.3) is 11.0 Å². The van der Waals surface area contributed by atoms with Gasteiger partial charge in [-0.25, -0.2) is 14.3 Å². The zero-order valence-corrected chi connectivity index (χ0v) is 20.8. The predicted octanol–water partition coefficient (Wildman–Crippen LogP) is 4.48. The molecule has 0 radical (unpaired) electrons. The van der Waals surface area contributed by atoms with Gasteiger partial charge in [0.05, 0.1) is 42.5 Å². The Balaban J connectivity index is 1.32. The van der Waals surface area contributed by atoms with Gasteiger partial charge in [0, 0.05) is 31.4 Å². The molecule has 1 atom stereocenters. The molecular formula is C28H35N5O3. The summed E-state index contributed by atoms with van der Waals surface area (Å²) in [6, 6.07) is 12.9. The van der Waals surface area contributed by atoms with E-state index in [1.165, 1.54) is 10.1 Å². The number of imidazole rings is 1. The van der Waals surface area contributed by atoms with Crippen LogP contribution in [0, 0.1) is 0 Å². The lowest BCUT2D eigenvalue weighted by Crippen LogP contribution is -2.48. The highest BCUT2D eigenvalue weighted by molar-refractivity contribution is 5.86. The van der Waals surface area contributed by atoms with Gasteiger partial charge < -0.3 is 9.84 Å². The number of para-hydroxylation sites is 2. The number of carboxylic acid groups (broad SMARTS) is 1. The van der Waals surface area contributed by atoms with E-state index in [1.807, 2.05) is 36.5 Å². The van der Waals surface area contributed by atoms with E-state index in [4.69, 9.17) is 14.7 Å². The number of fused-ring (bicyclic) bond motifs is 2. The minimum absolute atomic E-state index is 0.182. The number of aryl methyl sites for hydroxylation is 1. The van der Waals surface area contributed by atoms with Crippen molar-refractivity contribution >= 4 is 17.1 Å². The molecule has 0 bridgehead atoms. The number of morpholine rings is 1. The monoisotopic (exact) mass is 489 g/mol. The first-order chi connectivity index (χ1) is 17.7. The Labute approximate surface area is 211 Å². The van der Waals surface area contributed by atoms with Crippen molar-refractivity contribution in [3.8, 4) is 0 Å². The number of benzene rings is 1. The van der Waals surface area contributed by atoms with Crippen LogP contribution in [-0.2, 0) is 17.7 Å². The quantitative estimate of drug-likeness (QED) is 0.566. The van der Waals surface area contributed by atoms with Crippen molar-refractivity contribution in [3.05, 3.63) is 59.7 Å². The molecule has 36 heavy (non-hydrogen) atoms. The van der Waals surface area contributed by atoms with Crippen LogP contribution in [0.1, 0.15) is 61.6 Å². The largest absolute Gasteiger partial charge is 0.464 e. The van der Waals surface area contributed by atoms with Crippen molar-refractivity contribution in [1.82, 2.24) is 24.3 Å². The standard InChI is InChI=1S/C28H35N5O3/c34-28(35)33-24-8-2-1-7-23(24)30-26(33)19-32(25-9-3-5-20-6-4-14-29-27(20)25)22-12-10-21(11-13-22)31-15-17-36-18-16-31/h1-2,4,6-8,14,21-22,25H,3,5,9-13,15-19H2,(H,34,35). The highest BCUT2D eigenvalue weighted by Gasteiger charge is 2.36. The van der Waals surface area contributed by atoms with Crippen LogP contribution in [-0.4, -0.2) is 73.9 Å². The average molecular weight is 490 g/mol. The minimum Gasteiger partial charge on any atom is -0.464 e. The number of hydrogen-bond acceptors (Lipinski definition) is 6. The fourth-order valence-electron chi connectivity index (χ4n) is 6.66. The maximum Gasteiger partial charge on any atom is 0.417 e. The molecule has 6 rings (SSSR count). The SMILES string of the molecule is O=C(O)n1c(CN(C2CCC(N3CCOCC3)CC2)C2CCCc3cccnc32)nc2ccccc21. The predicted molar refractivity (Wildman–Crippen MR) is 137 cm³/mol. The summed E-state index contributed by atoms with van der Waals surface area (Å²) in [5.41, 5.74) is 3.87. The summed E-state index contributed by atoms with van der Waals surface area (Å²) in [6.07, 6.45) is 8.69. The molecule has 0 amide bonds. The molecule has 190 valence electrons. The Hall–Kier alpha value is -2.81. The molecule has 2 fully saturated rings. The fourth-order valence-corrected chi connectivity index (χ4v) is 6.66. The molecule has 1 saturated carbocycles. The van der Waals surface area contributed by atoms with Gasteiger partial charge in [0.15, 0.2) is 0 Å². The van der Waals surface area contributed by atoms with E-state index < -0.39 is 6.09 Å². The maximum absolute atomic E-state index is 12.3. The molecule has 1 saturated heterocycles. The Morgan fingerprint density at radius 3 is 2.67 bits per heavy atom. The average Bonchev–Trinajstić information content (AvgIpc) is 3.30. The first-order valence-corrected chi connectivity index (χ1v) is 13.4. The highest BCUT2D eigenvalue weighted by Crippen LogP contribution is 2.39. The number of pyridine rings is 1. The van der Waals surface area contributed by atoms with Crippen LogP contribution in [0.4, 0.5) is 4.79 Å². The lowest BCUT2D eigenvalue weighted by Gasteiger charge is -2.45. The summed E-state index contributed by atoms with van der Waals surface area (Å²) in [4.78, 5) is 27.1. The van der Waals surface area contributed by atoms with Gasteiger partial charge in [-0.3, -0.25) is 14.8 Å². The number of rotatable bonds is 5. The second kappa shape index (κ2) is 10.3. The molecule has 1 aromatic carbocycles. The third-order valence-electron chi connectivity index (χ3n) is 8.41. The molecule has 1 N–H and O–H groups in total. The van der Waals surface area contributed by atoms with Gasteiger partial charge >= 0.3 is 6.09 Å². The lowest BCUT2D eigenvalue weighted by atomic mass is 9.85. The van der Waals surface area contributed by atoms with Gasteiger partial charge in [-0.2, -0.15) is 0 Å². The van der Waals surface area contributed by atoms with Gasteiger partial charge in [-0.05, 0) is 68.7 Å². The number of aromatic nitrogens is 3. The topological polar surface area (TPSA) is 83.7 Å². The Bertz CT molecular complexity index is 1210. The summed E-state index contributed by atoms with van der Waals surface area (Å²) >= 11 is 0. The van der Waals surface area contributed by atoms with Crippen LogP contribution in [0.3, 0.4) is 0 Å². The van der Waals surface area contributed by atoms with Crippen molar-refractivity contribution in [3.63, 3.8) is 0 Å². The molecular weight excluding hydrogens is 454 g/mol. The number of hydrogen-bond donors (Lipinski definition) is 1. The smallest absolute Gasteiger partial charge is 0.417 e. The summed E-state index contributed by atoms with van der Waals surface area (Å²) in [5, 5.41) is 10.1. The first kappa shape index (κ1) is 23.6. The van der Waals surface area contributed by atoms with E-state index in [2.05, 4.69) is 15.9 Å². The molecule has 2 aliphatic carbocycles. The number of nitrogens with zero attached hydrogens (tertiary/aromatic N) is 5. The Kier molecular flexibility index (Phi) is 6.73. The molecule has 1 unspecified atom stereocenters. The zero-order chi connectivity index (χ0) is 24.5. The normalized spacial score (nSPS) is 25.2. The number of ether oxygens (including phenoxy) is 1. The third kappa shape index (κ3) is 4.53. The van der Waals surface area contributed by atoms with Crippen LogP contribution >= 0.6 is 0 Å². The molecule has 3 aliphatic rings. The second-order valence-corrected chi connectivity index (χ2v) is 10.4. The fraction of sp³-hybridized carbons (Fsp3) is 0.536. The molecule has 1 aliphatic heterocycles. The van der Waals surface area contributed by atoms with E-state index >= 15 is 0 Å². The summed E-state index contributed by atoms with van der Waals surface area (Å²) < 4.78 is 6.95. The molecule has 2 aromatic heterocycles. The van der Waals surface area contributed by atoms with E-state index in [0.717, 1.165) is 82.5 Å². The summed E-state index contributed by atoms with van der Waals surface area (Å²) in [7, 11) is 0. The van der Waals surface area contributed by atoms with Crippen molar-refractivity contribution in [1.29, 1.82) is 0 Å². The van der Waals surface area contributed by atoms with Crippen molar-refractivity contribution in [2.45, 2.75) is 69.6 Å².